The number of aromatic amines is 1. The van der Waals surface area contributed by atoms with Gasteiger partial charge < -0.3 is 14.5 Å². The number of nitrogens with one attached hydrogen (secondary N) is 1. The minimum absolute atomic E-state index is 0. The van der Waals surface area contributed by atoms with Gasteiger partial charge in [-0.25, -0.2) is 9.78 Å². The molecule has 7 nitrogen and oxygen atoms in total. The van der Waals surface area contributed by atoms with Gasteiger partial charge in [0, 0.05) is 0 Å². The number of halogens is 3. The molecular formula is C10H7F3LiN4O3+. The second kappa shape index (κ2) is 7.58. The molecule has 0 radical (unpaired) electrons. The van der Waals surface area contributed by atoms with Gasteiger partial charge in [0.1, 0.15) is 24.8 Å². The van der Waals surface area contributed by atoms with E-state index in [2.05, 4.69) is 14.5 Å². The molecule has 0 aromatic carbocycles. The van der Waals surface area contributed by atoms with Crippen molar-refractivity contribution in [2.24, 2.45) is 0 Å². The molecule has 106 valence electrons. The number of alkyl halides is 3. The molecule has 1 aromatic rings. The van der Waals surface area contributed by atoms with E-state index < -0.39 is 29.5 Å². The van der Waals surface area contributed by atoms with Crippen LogP contribution in [-0.2, 0) is 15.7 Å². The van der Waals surface area contributed by atoms with Gasteiger partial charge in [0.05, 0.1) is 0 Å². The van der Waals surface area contributed by atoms with Gasteiger partial charge in [0.2, 0.25) is 5.82 Å². The number of nitriles is 2. The first-order valence-electron chi connectivity index (χ1n) is 5.08. The van der Waals surface area contributed by atoms with E-state index in [0.29, 0.717) is 6.61 Å². The van der Waals surface area contributed by atoms with Crippen LogP contribution in [0.5, 0.6) is 0 Å². The molecule has 11 heteroatoms. The van der Waals surface area contributed by atoms with Crippen molar-refractivity contribution in [1.82, 2.24) is 4.98 Å². The first kappa shape index (κ1) is 18.8. The van der Waals surface area contributed by atoms with Crippen LogP contribution in [0.25, 0.3) is 0 Å². The van der Waals surface area contributed by atoms with Crippen molar-refractivity contribution < 1.29 is 51.3 Å². The van der Waals surface area contributed by atoms with E-state index >= 15 is 0 Å². The third-order valence-corrected chi connectivity index (χ3v) is 1.92. The van der Waals surface area contributed by atoms with Crippen LogP contribution in [0.1, 0.15) is 24.1 Å². The SMILES string of the molecule is C[C@H]1COC(=O)O1.N#Cc1[n-]c(C(F)(F)F)[nH+]c1C#N.[Li+]. The van der Waals surface area contributed by atoms with E-state index in [1.807, 2.05) is 0 Å². The Labute approximate surface area is 128 Å². The van der Waals surface area contributed by atoms with Gasteiger partial charge in [-0.3, -0.25) is 0 Å². The molecule has 0 amide bonds. The fraction of sp³-hybridized carbons (Fsp3) is 0.400. The molecule has 1 aliphatic heterocycles. The Morgan fingerprint density at radius 3 is 2.24 bits per heavy atom. The zero-order valence-electron chi connectivity index (χ0n) is 11.0. The van der Waals surface area contributed by atoms with Crippen LogP contribution >= 0.6 is 0 Å². The Balaban J connectivity index is 0.000000425. The topological polar surface area (TPSA) is 111 Å². The molecule has 1 atom stereocenters. The molecular weight excluding hydrogens is 288 g/mol. The van der Waals surface area contributed by atoms with Crippen molar-refractivity contribution in [2.45, 2.75) is 19.2 Å². The summed E-state index contributed by atoms with van der Waals surface area (Å²) in [6.45, 7) is 2.18. The number of aromatic nitrogens is 2. The van der Waals surface area contributed by atoms with Crippen LogP contribution in [-0.4, -0.2) is 18.9 Å². The monoisotopic (exact) mass is 295 g/mol. The molecule has 1 saturated heterocycles. The van der Waals surface area contributed by atoms with E-state index in [0.717, 1.165) is 0 Å². The second-order valence-corrected chi connectivity index (χ2v) is 3.52. The van der Waals surface area contributed by atoms with Crippen molar-refractivity contribution >= 4 is 6.16 Å². The Hall–Kier alpha value is -2.15. The van der Waals surface area contributed by atoms with Crippen molar-refractivity contribution in [3.8, 4) is 12.1 Å². The summed E-state index contributed by atoms with van der Waals surface area (Å²) < 4.78 is 44.7. The van der Waals surface area contributed by atoms with Gasteiger partial charge in [0.25, 0.3) is 0 Å². The van der Waals surface area contributed by atoms with Crippen LogP contribution in [0.4, 0.5) is 18.0 Å². The Bertz CT molecular complexity index is 556. The molecule has 2 heterocycles. The number of cyclic esters (lactones) is 2. The molecule has 1 aromatic heterocycles. The molecule has 1 fully saturated rings. The fourth-order valence-electron chi connectivity index (χ4n) is 1.09. The predicted octanol–water partition coefficient (Wildman–Crippen LogP) is -2.23. The summed E-state index contributed by atoms with van der Waals surface area (Å²) in [6, 6.07) is 2.77. The van der Waals surface area contributed by atoms with Gasteiger partial charge in [-0.15, -0.1) is 0 Å². The Kier molecular flexibility index (Phi) is 6.81. The number of carbonyl (C=O) groups is 1. The molecule has 1 aliphatic rings. The number of rotatable bonds is 0. The zero-order valence-corrected chi connectivity index (χ0v) is 11.0. The standard InChI is InChI=1S/C6F3N4.C4H6O3.Li/c7-6(8,9)5-12-3(1-10)4(2-11)13-5;1-3-2-6-4(5)7-3;/h;3H,2H2,1H3;/q-1;;+1/p+1/t;3-;/m.0./s1. The molecule has 2 rings (SSSR count). The smallest absolute Gasteiger partial charge is 0.430 e. The molecule has 21 heavy (non-hydrogen) atoms. The van der Waals surface area contributed by atoms with Crippen LogP contribution in [0, 0.1) is 22.7 Å². The quantitative estimate of drug-likeness (QED) is 0.395. The summed E-state index contributed by atoms with van der Waals surface area (Å²) in [5.74, 6) is -1.33. The first-order chi connectivity index (χ1) is 9.27. The molecule has 0 saturated carbocycles. The average molecular weight is 295 g/mol. The molecule has 0 unspecified atom stereocenters. The maximum absolute atomic E-state index is 11.9. The van der Waals surface area contributed by atoms with E-state index in [1.54, 1.807) is 11.9 Å². The second-order valence-electron chi connectivity index (χ2n) is 3.52. The van der Waals surface area contributed by atoms with Gasteiger partial charge in [-0.2, -0.15) is 23.7 Å². The van der Waals surface area contributed by atoms with Crippen molar-refractivity contribution in [2.75, 3.05) is 6.61 Å². The normalized spacial score (nSPS) is 16.3. The number of carbonyl (C=O) groups excluding carboxylic acids is 1. The minimum Gasteiger partial charge on any atom is -0.430 e. The van der Waals surface area contributed by atoms with Crippen LogP contribution in [0.3, 0.4) is 0 Å². The van der Waals surface area contributed by atoms with E-state index in [9.17, 15) is 18.0 Å². The van der Waals surface area contributed by atoms with Gasteiger partial charge >= 0.3 is 31.2 Å². The van der Waals surface area contributed by atoms with Crippen LogP contribution in [0.15, 0.2) is 0 Å². The molecule has 1 N–H and O–H groups in total. The number of hydrogen-bond acceptors (Lipinski definition) is 5. The number of imidazole rings is 1. The Morgan fingerprint density at radius 2 is 2.00 bits per heavy atom. The summed E-state index contributed by atoms with van der Waals surface area (Å²) in [7, 11) is 0. The third kappa shape index (κ3) is 5.39. The number of hydrogen-bond donors (Lipinski definition) is 0. The number of nitrogens with zero attached hydrogens (tertiary/aromatic N) is 3. The van der Waals surface area contributed by atoms with Crippen molar-refractivity contribution in [3.63, 3.8) is 0 Å². The van der Waals surface area contributed by atoms with Gasteiger partial charge in [0.15, 0.2) is 11.4 Å². The van der Waals surface area contributed by atoms with E-state index in [-0.39, 0.29) is 25.0 Å². The summed E-state index contributed by atoms with van der Waals surface area (Å²) in [5, 5.41) is 16.6. The van der Waals surface area contributed by atoms with Gasteiger partial charge in [-0.1, -0.05) is 0 Å². The molecule has 0 aliphatic carbocycles. The summed E-state index contributed by atoms with van der Waals surface area (Å²) in [6.07, 6.45) is -5.26. The van der Waals surface area contributed by atoms with E-state index in [4.69, 9.17) is 10.5 Å². The fourth-order valence-corrected chi connectivity index (χ4v) is 1.09. The minimum atomic E-state index is -4.67. The molecule has 0 bridgehead atoms. The third-order valence-electron chi connectivity index (χ3n) is 1.92. The summed E-state index contributed by atoms with van der Waals surface area (Å²) in [5.41, 5.74) is -1.02. The maximum atomic E-state index is 11.9. The average Bonchev–Trinajstić information content (AvgIpc) is 2.94. The largest absolute Gasteiger partial charge is 1.00 e. The number of ether oxygens (including phenoxy) is 2. The Morgan fingerprint density at radius 1 is 1.38 bits per heavy atom. The number of H-pyrrole nitrogens is 1. The predicted molar refractivity (Wildman–Crippen MR) is 52.6 cm³/mol. The zero-order chi connectivity index (χ0) is 15.3. The maximum Gasteiger partial charge on any atom is 1.00 e. The van der Waals surface area contributed by atoms with Gasteiger partial charge in [-0.05, 0) is 6.92 Å². The first-order valence-corrected chi connectivity index (χ1v) is 5.08. The van der Waals surface area contributed by atoms with Crippen molar-refractivity contribution in [3.05, 3.63) is 17.2 Å². The summed E-state index contributed by atoms with van der Waals surface area (Å²) in [4.78, 5) is 14.6. The van der Waals surface area contributed by atoms with Crippen LogP contribution < -0.4 is 28.8 Å². The van der Waals surface area contributed by atoms with E-state index in [1.165, 1.54) is 12.1 Å². The van der Waals surface area contributed by atoms with Crippen LogP contribution in [0.2, 0.25) is 0 Å². The van der Waals surface area contributed by atoms with Crippen molar-refractivity contribution in [1.29, 1.82) is 10.5 Å². The molecule has 0 spiro atoms. The summed E-state index contributed by atoms with van der Waals surface area (Å²) >= 11 is 0.